The molecule has 3 amide bonds. The van der Waals surface area contributed by atoms with Gasteiger partial charge in [-0.25, -0.2) is 13.6 Å². The standard InChI is InChI=1S/C27H30F2N6O3/c28-21-8-7-20(16-22(21)29)32-27(37)35(11-3-10-34-12-14-38-15-13-34)18-19-6-9-25(31-17-19)26(36)33-24-5-2-1-4-23(24)30/h1-2,4-9,16-17H,3,10-15,18,30H2,(H,32,37)(H,33,36). The molecule has 0 aliphatic carbocycles. The Kier molecular flexibility index (Phi) is 9.17. The largest absolute Gasteiger partial charge is 0.397 e. The Hall–Kier alpha value is -4.09. The Bertz CT molecular complexity index is 1250. The number of halogens is 2. The van der Waals surface area contributed by atoms with Gasteiger partial charge in [-0.3, -0.25) is 14.7 Å². The molecule has 0 unspecified atom stereocenters. The molecule has 1 aliphatic heterocycles. The van der Waals surface area contributed by atoms with Crippen LogP contribution in [0.3, 0.4) is 0 Å². The minimum atomic E-state index is -1.04. The first-order valence-corrected chi connectivity index (χ1v) is 12.3. The lowest BCUT2D eigenvalue weighted by atomic mass is 10.2. The van der Waals surface area contributed by atoms with E-state index in [9.17, 15) is 18.4 Å². The third-order valence-electron chi connectivity index (χ3n) is 6.10. The molecule has 1 aliphatic rings. The maximum atomic E-state index is 13.6. The van der Waals surface area contributed by atoms with E-state index >= 15 is 0 Å². The maximum absolute atomic E-state index is 13.6. The predicted octanol–water partition coefficient (Wildman–Crippen LogP) is 3.95. The molecule has 4 N–H and O–H groups in total. The number of nitrogens with one attached hydrogen (secondary N) is 2. The summed E-state index contributed by atoms with van der Waals surface area (Å²) >= 11 is 0. The second kappa shape index (κ2) is 12.9. The molecule has 0 bridgehead atoms. The number of carbonyl (C=O) groups excluding carboxylic acids is 2. The zero-order chi connectivity index (χ0) is 26.9. The monoisotopic (exact) mass is 524 g/mol. The van der Waals surface area contributed by atoms with E-state index in [-0.39, 0.29) is 17.9 Å². The summed E-state index contributed by atoms with van der Waals surface area (Å²) in [7, 11) is 0. The first-order chi connectivity index (χ1) is 18.4. The molecule has 2 heterocycles. The van der Waals surface area contributed by atoms with Crippen LogP contribution in [0, 0.1) is 11.6 Å². The van der Waals surface area contributed by atoms with Gasteiger partial charge in [-0.15, -0.1) is 0 Å². The Labute approximate surface area is 219 Å². The highest BCUT2D eigenvalue weighted by Gasteiger charge is 2.18. The van der Waals surface area contributed by atoms with E-state index in [2.05, 4.69) is 20.5 Å². The number of rotatable bonds is 9. The fraction of sp³-hybridized carbons (Fsp3) is 0.296. The summed E-state index contributed by atoms with van der Waals surface area (Å²) in [5, 5.41) is 5.36. The topological polar surface area (TPSA) is 113 Å². The zero-order valence-electron chi connectivity index (χ0n) is 20.8. The van der Waals surface area contributed by atoms with Gasteiger partial charge in [-0.1, -0.05) is 18.2 Å². The molecule has 200 valence electrons. The molecule has 11 heteroatoms. The number of para-hydroxylation sites is 2. The second-order valence-corrected chi connectivity index (χ2v) is 8.88. The number of nitrogens with zero attached hydrogens (tertiary/aromatic N) is 3. The third kappa shape index (κ3) is 7.46. The third-order valence-corrected chi connectivity index (χ3v) is 6.10. The minimum Gasteiger partial charge on any atom is -0.397 e. The number of hydrogen-bond donors (Lipinski definition) is 3. The number of amides is 3. The lowest BCUT2D eigenvalue weighted by molar-refractivity contribution is 0.0365. The van der Waals surface area contributed by atoms with Crippen LogP contribution in [-0.2, 0) is 11.3 Å². The summed E-state index contributed by atoms with van der Waals surface area (Å²) in [6.07, 6.45) is 2.24. The van der Waals surface area contributed by atoms with Gasteiger partial charge in [-0.05, 0) is 42.3 Å². The Morgan fingerprint density at radius 3 is 2.53 bits per heavy atom. The van der Waals surface area contributed by atoms with E-state index in [4.69, 9.17) is 10.5 Å². The Morgan fingerprint density at radius 2 is 1.82 bits per heavy atom. The molecule has 0 radical (unpaired) electrons. The maximum Gasteiger partial charge on any atom is 0.322 e. The van der Waals surface area contributed by atoms with Crippen LogP contribution in [-0.4, -0.2) is 66.1 Å². The molecular weight excluding hydrogens is 494 g/mol. The molecular formula is C27H30F2N6O3. The van der Waals surface area contributed by atoms with Gasteiger partial charge in [0, 0.05) is 50.7 Å². The van der Waals surface area contributed by atoms with Crippen LogP contribution < -0.4 is 16.4 Å². The van der Waals surface area contributed by atoms with Crippen LogP contribution in [0.15, 0.2) is 60.8 Å². The number of carbonyl (C=O) groups is 2. The smallest absolute Gasteiger partial charge is 0.322 e. The van der Waals surface area contributed by atoms with Gasteiger partial charge < -0.3 is 26.0 Å². The van der Waals surface area contributed by atoms with Gasteiger partial charge in [0.15, 0.2) is 11.6 Å². The number of nitrogens with two attached hydrogens (primary N) is 1. The molecule has 38 heavy (non-hydrogen) atoms. The van der Waals surface area contributed by atoms with Crippen molar-refractivity contribution in [3.8, 4) is 0 Å². The normalized spacial score (nSPS) is 13.6. The summed E-state index contributed by atoms with van der Waals surface area (Å²) < 4.78 is 32.3. The summed E-state index contributed by atoms with van der Waals surface area (Å²) in [6, 6.07) is 13.0. The van der Waals surface area contributed by atoms with Gasteiger partial charge in [0.1, 0.15) is 5.69 Å². The van der Waals surface area contributed by atoms with Crippen LogP contribution >= 0.6 is 0 Å². The van der Waals surface area contributed by atoms with Crippen LogP contribution in [0.2, 0.25) is 0 Å². The van der Waals surface area contributed by atoms with E-state index in [0.29, 0.717) is 43.1 Å². The predicted molar refractivity (Wildman–Crippen MR) is 141 cm³/mol. The second-order valence-electron chi connectivity index (χ2n) is 8.88. The number of anilines is 3. The molecule has 2 aromatic carbocycles. The van der Waals surface area contributed by atoms with Gasteiger partial charge in [0.2, 0.25) is 0 Å². The number of morpholine rings is 1. The van der Waals surface area contributed by atoms with Crippen LogP contribution in [0.25, 0.3) is 0 Å². The SMILES string of the molecule is Nc1ccccc1NC(=O)c1ccc(CN(CCCN2CCOCC2)C(=O)Nc2ccc(F)c(F)c2)cn1. The van der Waals surface area contributed by atoms with Crippen molar-refractivity contribution in [2.45, 2.75) is 13.0 Å². The van der Waals surface area contributed by atoms with Gasteiger partial charge in [0.25, 0.3) is 5.91 Å². The van der Waals surface area contributed by atoms with E-state index in [1.807, 2.05) is 0 Å². The number of nitrogen functional groups attached to an aromatic ring is 1. The van der Waals surface area contributed by atoms with Crippen molar-refractivity contribution in [3.63, 3.8) is 0 Å². The number of benzene rings is 2. The average Bonchev–Trinajstić information content (AvgIpc) is 2.92. The molecule has 0 atom stereocenters. The molecule has 9 nitrogen and oxygen atoms in total. The number of ether oxygens (including phenoxy) is 1. The molecule has 1 fully saturated rings. The van der Waals surface area contributed by atoms with E-state index < -0.39 is 23.6 Å². The highest BCUT2D eigenvalue weighted by atomic mass is 19.2. The first-order valence-electron chi connectivity index (χ1n) is 12.3. The molecule has 1 aromatic heterocycles. The highest BCUT2D eigenvalue weighted by Crippen LogP contribution is 2.18. The van der Waals surface area contributed by atoms with Gasteiger partial charge >= 0.3 is 6.03 Å². The number of aromatic nitrogens is 1. The van der Waals surface area contributed by atoms with Crippen LogP contribution in [0.5, 0.6) is 0 Å². The molecule has 4 rings (SSSR count). The fourth-order valence-electron chi connectivity index (χ4n) is 4.01. The Morgan fingerprint density at radius 1 is 1.03 bits per heavy atom. The zero-order valence-corrected chi connectivity index (χ0v) is 20.8. The summed E-state index contributed by atoms with van der Waals surface area (Å²) in [5.74, 6) is -2.44. The van der Waals surface area contributed by atoms with Crippen molar-refractivity contribution >= 4 is 29.0 Å². The van der Waals surface area contributed by atoms with E-state index in [1.54, 1.807) is 41.3 Å². The van der Waals surface area contributed by atoms with Crippen molar-refractivity contribution in [2.75, 3.05) is 55.8 Å². The van der Waals surface area contributed by atoms with E-state index in [1.165, 1.54) is 12.3 Å². The van der Waals surface area contributed by atoms with Crippen LogP contribution in [0.4, 0.5) is 30.6 Å². The van der Waals surface area contributed by atoms with Crippen molar-refractivity contribution in [1.29, 1.82) is 0 Å². The first kappa shape index (κ1) is 27.0. The van der Waals surface area contributed by atoms with Crippen molar-refractivity contribution in [1.82, 2.24) is 14.8 Å². The van der Waals surface area contributed by atoms with Gasteiger partial charge in [0.05, 0.1) is 24.6 Å². The highest BCUT2D eigenvalue weighted by molar-refractivity contribution is 6.04. The molecule has 0 saturated carbocycles. The molecule has 0 spiro atoms. The fourth-order valence-corrected chi connectivity index (χ4v) is 4.01. The van der Waals surface area contributed by atoms with Crippen molar-refractivity contribution < 1.29 is 23.1 Å². The lowest BCUT2D eigenvalue weighted by Crippen LogP contribution is -2.40. The quantitative estimate of drug-likeness (QED) is 0.366. The van der Waals surface area contributed by atoms with E-state index in [0.717, 1.165) is 31.8 Å². The van der Waals surface area contributed by atoms with Crippen LogP contribution in [0.1, 0.15) is 22.5 Å². The van der Waals surface area contributed by atoms with Crippen molar-refractivity contribution in [2.24, 2.45) is 0 Å². The Balaban J connectivity index is 1.41. The summed E-state index contributed by atoms with van der Waals surface area (Å²) in [4.78, 5) is 33.7. The van der Waals surface area contributed by atoms with Crippen molar-refractivity contribution in [3.05, 3.63) is 83.7 Å². The van der Waals surface area contributed by atoms with Gasteiger partial charge in [-0.2, -0.15) is 0 Å². The lowest BCUT2D eigenvalue weighted by Gasteiger charge is -2.28. The molecule has 1 saturated heterocycles. The number of urea groups is 1. The summed E-state index contributed by atoms with van der Waals surface area (Å²) in [6.45, 7) is 4.46. The number of hydrogen-bond acceptors (Lipinski definition) is 6. The average molecular weight is 525 g/mol. The number of pyridine rings is 1. The summed E-state index contributed by atoms with van der Waals surface area (Å²) in [5.41, 5.74) is 7.87. The molecule has 3 aromatic rings. The minimum absolute atomic E-state index is 0.150.